The van der Waals surface area contributed by atoms with Crippen LogP contribution in [0.2, 0.25) is 0 Å². The minimum Gasteiger partial charge on any atom is -0.506 e. The van der Waals surface area contributed by atoms with Crippen LogP contribution in [0.3, 0.4) is 0 Å². The molecule has 10 heteroatoms. The van der Waals surface area contributed by atoms with Gasteiger partial charge in [-0.25, -0.2) is 8.78 Å². The minimum absolute atomic E-state index is 0.0401. The molecule has 0 heterocycles. The molecule has 6 nitrogen and oxygen atoms in total. The third kappa shape index (κ3) is 7.42. The molecule has 0 saturated carbocycles. The third-order valence-corrected chi connectivity index (χ3v) is 7.28. The van der Waals surface area contributed by atoms with E-state index in [-0.39, 0.29) is 16.5 Å². The number of rotatable bonds is 12. The zero-order valence-electron chi connectivity index (χ0n) is 23.4. The van der Waals surface area contributed by atoms with Crippen LogP contribution < -0.4 is 15.4 Å². The molecule has 0 saturated heterocycles. The van der Waals surface area contributed by atoms with Crippen molar-refractivity contribution >= 4 is 23.2 Å². The number of benzene rings is 2. The first-order valence-electron chi connectivity index (χ1n) is 12.9. The number of aromatic hydroxyl groups is 1. The number of hydrogen-bond donors (Lipinski definition) is 3. The maximum absolute atomic E-state index is 13.2. The highest BCUT2D eigenvalue weighted by atomic mass is 19.3. The highest BCUT2D eigenvalue weighted by Gasteiger charge is 2.49. The van der Waals surface area contributed by atoms with Crippen molar-refractivity contribution in [3.8, 4) is 11.5 Å². The lowest BCUT2D eigenvalue weighted by Gasteiger charge is -2.31. The van der Waals surface area contributed by atoms with Crippen LogP contribution in [-0.2, 0) is 20.4 Å². The first-order valence-corrected chi connectivity index (χ1v) is 12.9. The molecule has 2 aromatic rings. The Kier molecular flexibility index (Phi) is 10.0. The maximum Gasteiger partial charge on any atom is 0.383 e. The van der Waals surface area contributed by atoms with Crippen molar-refractivity contribution in [1.82, 2.24) is 0 Å². The summed E-state index contributed by atoms with van der Waals surface area (Å²) in [5, 5.41) is 14.3. The predicted octanol–water partition coefficient (Wildman–Crippen LogP) is 7.40. The Morgan fingerprint density at radius 3 is 2.05 bits per heavy atom. The lowest BCUT2D eigenvalue weighted by Crippen LogP contribution is -2.41. The van der Waals surface area contributed by atoms with Gasteiger partial charge in [0.2, 0.25) is 0 Å². The van der Waals surface area contributed by atoms with Crippen LogP contribution in [0.15, 0.2) is 36.4 Å². The van der Waals surface area contributed by atoms with E-state index in [0.29, 0.717) is 12.2 Å². The van der Waals surface area contributed by atoms with Crippen molar-refractivity contribution < 1.29 is 37.0 Å². The number of nitrogens with one attached hydrogen (secondary N) is 2. The van der Waals surface area contributed by atoms with Crippen molar-refractivity contribution in [2.45, 2.75) is 97.0 Å². The molecule has 0 aliphatic carbocycles. The number of carbonyl (C=O) groups is 2. The van der Waals surface area contributed by atoms with Crippen molar-refractivity contribution in [1.29, 1.82) is 0 Å². The van der Waals surface area contributed by atoms with E-state index in [1.165, 1.54) is 11.6 Å². The highest BCUT2D eigenvalue weighted by Crippen LogP contribution is 2.39. The van der Waals surface area contributed by atoms with Crippen LogP contribution >= 0.6 is 0 Å². The largest absolute Gasteiger partial charge is 0.506 e. The van der Waals surface area contributed by atoms with Gasteiger partial charge in [-0.2, -0.15) is 8.78 Å². The van der Waals surface area contributed by atoms with Crippen LogP contribution in [0.5, 0.6) is 11.5 Å². The molecular weight excluding hydrogens is 516 g/mol. The third-order valence-electron chi connectivity index (χ3n) is 7.28. The summed E-state index contributed by atoms with van der Waals surface area (Å²) in [5.74, 6) is -7.82. The summed E-state index contributed by atoms with van der Waals surface area (Å²) < 4.78 is 57.5. The number of carbonyl (C=O) groups excluding carboxylic acids is 2. The molecule has 2 amide bonds. The number of phenols is 1. The SMILES string of the molecule is CCC(Oc1ccc(C(C)(C)CC)cc1C(C)(C)CC)C(=O)Nc1ccc(NC(=O)C(F)(F)C(F)F)c(O)c1. The summed E-state index contributed by atoms with van der Waals surface area (Å²) in [7, 11) is 0. The van der Waals surface area contributed by atoms with Crippen LogP contribution in [0.4, 0.5) is 28.9 Å². The van der Waals surface area contributed by atoms with Crippen molar-refractivity contribution in [2.24, 2.45) is 0 Å². The molecular formula is C29H38F4N2O4. The van der Waals surface area contributed by atoms with E-state index in [0.717, 1.165) is 30.5 Å². The van der Waals surface area contributed by atoms with E-state index in [2.05, 4.69) is 52.9 Å². The quantitative estimate of drug-likeness (QED) is 0.188. The zero-order valence-corrected chi connectivity index (χ0v) is 23.4. The van der Waals surface area contributed by atoms with Crippen LogP contribution in [0.1, 0.15) is 78.9 Å². The van der Waals surface area contributed by atoms with E-state index in [4.69, 9.17) is 4.74 Å². The standard InChI is InChI=1S/C29H38F4N2O4/c1-8-22(39-23-14-11-17(27(4,5)9-2)15-19(23)28(6,7)10-3)24(37)34-18-12-13-20(21(36)16-18)35-26(38)29(32,33)25(30)31/h11-16,22,25,36H,8-10H2,1-7H3,(H,34,37)(H,35,38). The molecule has 1 atom stereocenters. The number of ether oxygens (including phenoxy) is 1. The molecule has 3 N–H and O–H groups in total. The molecule has 0 spiro atoms. The Morgan fingerprint density at radius 2 is 1.54 bits per heavy atom. The molecule has 0 radical (unpaired) electrons. The van der Waals surface area contributed by atoms with E-state index in [9.17, 15) is 32.3 Å². The smallest absolute Gasteiger partial charge is 0.383 e. The van der Waals surface area contributed by atoms with Crippen LogP contribution in [0, 0.1) is 0 Å². The summed E-state index contributed by atoms with van der Waals surface area (Å²) in [6.45, 7) is 14.6. The Labute approximate surface area is 227 Å². The molecule has 0 fully saturated rings. The lowest BCUT2D eigenvalue weighted by atomic mass is 9.76. The van der Waals surface area contributed by atoms with Crippen molar-refractivity contribution in [3.63, 3.8) is 0 Å². The monoisotopic (exact) mass is 554 g/mol. The zero-order chi connectivity index (χ0) is 29.8. The molecule has 0 aliphatic heterocycles. The van der Waals surface area contributed by atoms with Gasteiger partial charge in [0.25, 0.3) is 5.91 Å². The first kappa shape index (κ1) is 31.9. The summed E-state index contributed by atoms with van der Waals surface area (Å²) in [4.78, 5) is 24.5. The van der Waals surface area contributed by atoms with Gasteiger partial charge in [-0.05, 0) is 53.9 Å². The number of halogens is 4. The van der Waals surface area contributed by atoms with Gasteiger partial charge >= 0.3 is 18.3 Å². The summed E-state index contributed by atoms with van der Waals surface area (Å²) in [5.41, 5.74) is 1.46. The van der Waals surface area contributed by atoms with Crippen molar-refractivity contribution in [2.75, 3.05) is 10.6 Å². The van der Waals surface area contributed by atoms with Crippen molar-refractivity contribution in [3.05, 3.63) is 47.5 Å². The van der Waals surface area contributed by atoms with Gasteiger partial charge in [-0.3, -0.25) is 9.59 Å². The van der Waals surface area contributed by atoms with Gasteiger partial charge in [0.15, 0.2) is 6.10 Å². The van der Waals surface area contributed by atoms with Gasteiger partial charge in [-0.1, -0.05) is 60.6 Å². The van der Waals surface area contributed by atoms with Gasteiger partial charge < -0.3 is 20.5 Å². The fourth-order valence-electron chi connectivity index (χ4n) is 3.70. The molecule has 39 heavy (non-hydrogen) atoms. The number of amides is 2. The second-order valence-corrected chi connectivity index (χ2v) is 10.8. The van der Waals surface area contributed by atoms with Gasteiger partial charge in [0.05, 0.1) is 5.69 Å². The fraction of sp³-hybridized carbons (Fsp3) is 0.517. The molecule has 2 rings (SSSR count). The number of alkyl halides is 4. The number of phenolic OH excluding ortho intramolecular Hbond substituents is 1. The summed E-state index contributed by atoms with van der Waals surface area (Å²) >= 11 is 0. The van der Waals surface area contributed by atoms with Gasteiger partial charge in [0, 0.05) is 17.3 Å². The normalized spacial score (nSPS) is 13.2. The maximum atomic E-state index is 13.2. The highest BCUT2D eigenvalue weighted by molar-refractivity contribution is 5.99. The fourth-order valence-corrected chi connectivity index (χ4v) is 3.70. The summed E-state index contributed by atoms with van der Waals surface area (Å²) in [6, 6.07) is 9.27. The molecule has 216 valence electrons. The molecule has 0 aliphatic rings. The number of hydrogen-bond acceptors (Lipinski definition) is 4. The first-order chi connectivity index (χ1) is 18.0. The molecule has 1 unspecified atom stereocenters. The Hall–Kier alpha value is -3.30. The van der Waals surface area contributed by atoms with Gasteiger partial charge in [0.1, 0.15) is 11.5 Å². The van der Waals surface area contributed by atoms with E-state index < -0.39 is 41.7 Å². The van der Waals surface area contributed by atoms with Crippen LogP contribution in [0.25, 0.3) is 0 Å². The van der Waals surface area contributed by atoms with E-state index in [1.807, 2.05) is 12.1 Å². The average molecular weight is 555 g/mol. The second kappa shape index (κ2) is 12.3. The minimum atomic E-state index is -4.93. The predicted molar refractivity (Wildman–Crippen MR) is 144 cm³/mol. The van der Waals surface area contributed by atoms with E-state index >= 15 is 0 Å². The second-order valence-electron chi connectivity index (χ2n) is 10.8. The summed E-state index contributed by atoms with van der Waals surface area (Å²) in [6.07, 6.45) is -2.99. The Balaban J connectivity index is 2.26. The van der Waals surface area contributed by atoms with E-state index in [1.54, 1.807) is 12.2 Å². The Morgan fingerprint density at radius 1 is 0.923 bits per heavy atom. The van der Waals surface area contributed by atoms with Crippen LogP contribution in [-0.4, -0.2) is 35.4 Å². The molecule has 0 bridgehead atoms. The lowest BCUT2D eigenvalue weighted by molar-refractivity contribution is -0.163. The average Bonchev–Trinajstić information content (AvgIpc) is 2.88. The number of anilines is 2. The Bertz CT molecular complexity index is 1180. The van der Waals surface area contributed by atoms with Gasteiger partial charge in [-0.15, -0.1) is 0 Å². The molecule has 2 aromatic carbocycles. The molecule has 0 aromatic heterocycles. The topological polar surface area (TPSA) is 87.7 Å².